The number of hydrogen-bond acceptors (Lipinski definition) is 4. The normalized spacial score (nSPS) is 19.5. The number of benzene rings is 1. The van der Waals surface area contributed by atoms with E-state index in [0.717, 1.165) is 24.3 Å². The number of hydrogen-bond donors (Lipinski definition) is 1. The number of para-hydroxylation sites is 1. The Bertz CT molecular complexity index is 527. The lowest BCUT2D eigenvalue weighted by Gasteiger charge is -2.29. The second-order valence-corrected chi connectivity index (χ2v) is 6.79. The molecule has 2 unspecified atom stereocenters. The molecule has 0 spiro atoms. The number of thioether (sulfide) groups is 1. The molecule has 0 saturated heterocycles. The van der Waals surface area contributed by atoms with Crippen molar-refractivity contribution < 1.29 is 4.74 Å². The van der Waals surface area contributed by atoms with Crippen molar-refractivity contribution in [3.8, 4) is 5.75 Å². The third-order valence-electron chi connectivity index (χ3n) is 3.31. The first kappa shape index (κ1) is 13.0. The van der Waals surface area contributed by atoms with Gasteiger partial charge < -0.3 is 10.5 Å². The number of fused-ring (bicyclic) bond motifs is 1. The maximum absolute atomic E-state index is 6.29. The highest BCUT2D eigenvalue weighted by atomic mass is 32.2. The van der Waals surface area contributed by atoms with Gasteiger partial charge in [-0.2, -0.15) is 0 Å². The van der Waals surface area contributed by atoms with E-state index in [1.54, 1.807) is 11.3 Å². The lowest BCUT2D eigenvalue weighted by atomic mass is 10.1. The van der Waals surface area contributed by atoms with E-state index < -0.39 is 0 Å². The predicted octanol–water partition coefficient (Wildman–Crippen LogP) is 3.56. The molecule has 2 heterocycles. The maximum atomic E-state index is 6.29. The Hall–Kier alpha value is -0.970. The van der Waals surface area contributed by atoms with Crippen LogP contribution in [0.4, 0.5) is 0 Å². The van der Waals surface area contributed by atoms with Crippen LogP contribution in [-0.2, 0) is 6.42 Å². The Kier molecular flexibility index (Phi) is 4.11. The smallest absolute Gasteiger partial charge is 0.133 e. The third-order valence-corrected chi connectivity index (χ3v) is 5.39. The molecule has 2 aromatic rings. The molecule has 1 aliphatic heterocycles. The number of rotatable bonds is 4. The second-order valence-electron chi connectivity index (χ2n) is 4.70. The Morgan fingerprint density at radius 1 is 1.26 bits per heavy atom. The lowest BCUT2D eigenvalue weighted by Crippen LogP contribution is -2.42. The van der Waals surface area contributed by atoms with Gasteiger partial charge in [0, 0.05) is 21.6 Å². The molecule has 3 rings (SSSR count). The summed E-state index contributed by atoms with van der Waals surface area (Å²) in [7, 11) is 0. The lowest BCUT2D eigenvalue weighted by molar-refractivity contribution is 0.180. The van der Waals surface area contributed by atoms with Gasteiger partial charge >= 0.3 is 0 Å². The van der Waals surface area contributed by atoms with E-state index in [-0.39, 0.29) is 12.1 Å². The molecule has 2 atom stereocenters. The summed E-state index contributed by atoms with van der Waals surface area (Å²) in [6.07, 6.45) is 2.15. The Morgan fingerprint density at radius 2 is 2.16 bits per heavy atom. The molecule has 2 N–H and O–H groups in total. The average Bonchev–Trinajstić information content (AvgIpc) is 2.97. The summed E-state index contributed by atoms with van der Waals surface area (Å²) in [6.45, 7) is 0. The molecule has 0 radical (unpaired) electrons. The summed E-state index contributed by atoms with van der Waals surface area (Å²) in [5.74, 6) is 1.93. The van der Waals surface area contributed by atoms with E-state index in [1.165, 1.54) is 9.77 Å². The van der Waals surface area contributed by atoms with E-state index in [1.807, 2.05) is 30.0 Å². The molecule has 0 saturated carbocycles. The van der Waals surface area contributed by atoms with Crippen molar-refractivity contribution >= 4 is 23.1 Å². The first-order chi connectivity index (χ1) is 9.33. The highest BCUT2D eigenvalue weighted by Crippen LogP contribution is 2.35. The minimum Gasteiger partial charge on any atom is -0.487 e. The van der Waals surface area contributed by atoms with Crippen LogP contribution < -0.4 is 10.5 Å². The van der Waals surface area contributed by atoms with Crippen LogP contribution >= 0.6 is 23.1 Å². The quantitative estimate of drug-likeness (QED) is 0.935. The van der Waals surface area contributed by atoms with Gasteiger partial charge in [-0.15, -0.1) is 23.1 Å². The first-order valence-electron chi connectivity index (χ1n) is 6.49. The van der Waals surface area contributed by atoms with Gasteiger partial charge in [-0.05, 0) is 36.4 Å². The fourth-order valence-electron chi connectivity index (χ4n) is 2.20. The summed E-state index contributed by atoms with van der Waals surface area (Å²) in [4.78, 5) is 2.63. The van der Waals surface area contributed by atoms with Crippen LogP contribution in [-0.4, -0.2) is 17.9 Å². The molecular formula is C15H17NOS2. The van der Waals surface area contributed by atoms with Crippen molar-refractivity contribution in [1.82, 2.24) is 0 Å². The van der Waals surface area contributed by atoms with E-state index in [4.69, 9.17) is 10.5 Å². The average molecular weight is 291 g/mol. The first-order valence-corrected chi connectivity index (χ1v) is 8.36. The van der Waals surface area contributed by atoms with Crippen molar-refractivity contribution in [3.63, 3.8) is 0 Å². The summed E-state index contributed by atoms with van der Waals surface area (Å²) >= 11 is 3.64. The number of thiophene rings is 1. The van der Waals surface area contributed by atoms with Crippen LogP contribution in [0.5, 0.6) is 5.75 Å². The van der Waals surface area contributed by atoms with Gasteiger partial charge in [0.15, 0.2) is 0 Å². The van der Waals surface area contributed by atoms with Gasteiger partial charge in [0.25, 0.3) is 0 Å². The van der Waals surface area contributed by atoms with Crippen LogP contribution in [0.1, 0.15) is 11.3 Å². The second kappa shape index (κ2) is 5.99. The number of ether oxygens (including phenoxy) is 1. The van der Waals surface area contributed by atoms with Gasteiger partial charge in [0.1, 0.15) is 11.9 Å². The minimum absolute atomic E-state index is 0.1000. The van der Waals surface area contributed by atoms with Gasteiger partial charge in [-0.1, -0.05) is 18.2 Å². The molecule has 1 aromatic carbocycles. The van der Waals surface area contributed by atoms with Crippen molar-refractivity contribution in [1.29, 1.82) is 0 Å². The zero-order valence-electron chi connectivity index (χ0n) is 10.6. The Balaban J connectivity index is 1.58. The third kappa shape index (κ3) is 3.14. The molecule has 1 aromatic heterocycles. The molecule has 0 amide bonds. The summed E-state index contributed by atoms with van der Waals surface area (Å²) in [5, 5.41) is 2.12. The van der Waals surface area contributed by atoms with Crippen molar-refractivity contribution in [3.05, 3.63) is 46.7 Å². The summed E-state index contributed by atoms with van der Waals surface area (Å²) in [5.41, 5.74) is 6.29. The van der Waals surface area contributed by atoms with E-state index in [0.29, 0.717) is 0 Å². The largest absolute Gasteiger partial charge is 0.487 e. The van der Waals surface area contributed by atoms with E-state index >= 15 is 0 Å². The topological polar surface area (TPSA) is 35.2 Å². The van der Waals surface area contributed by atoms with Gasteiger partial charge in [0.05, 0.1) is 0 Å². The molecule has 19 heavy (non-hydrogen) atoms. The summed E-state index contributed by atoms with van der Waals surface area (Å²) < 4.78 is 6.02. The molecule has 0 aliphatic carbocycles. The van der Waals surface area contributed by atoms with Gasteiger partial charge in [0.2, 0.25) is 0 Å². The maximum Gasteiger partial charge on any atom is 0.133 e. The molecule has 0 fully saturated rings. The highest BCUT2D eigenvalue weighted by Gasteiger charge is 2.25. The van der Waals surface area contributed by atoms with Crippen LogP contribution in [0.25, 0.3) is 0 Å². The predicted molar refractivity (Wildman–Crippen MR) is 82.2 cm³/mol. The van der Waals surface area contributed by atoms with Gasteiger partial charge in [-0.3, -0.25) is 0 Å². The molecule has 1 aliphatic rings. The number of aryl methyl sites for hydroxylation is 1. The van der Waals surface area contributed by atoms with Crippen molar-refractivity contribution in [2.75, 3.05) is 5.75 Å². The molecule has 0 bridgehead atoms. The Morgan fingerprint density at radius 3 is 3.00 bits per heavy atom. The van der Waals surface area contributed by atoms with Crippen molar-refractivity contribution in [2.45, 2.75) is 29.9 Å². The van der Waals surface area contributed by atoms with Crippen molar-refractivity contribution in [2.24, 2.45) is 5.73 Å². The standard InChI is InChI=1S/C15H17NOS2/c16-12(8-7-11-4-3-9-18-11)14-10-19-15-6-2-1-5-13(15)17-14/h1-6,9,12,14H,7-8,10,16H2. The minimum atomic E-state index is 0.1000. The zero-order chi connectivity index (χ0) is 13.1. The highest BCUT2D eigenvalue weighted by molar-refractivity contribution is 7.99. The van der Waals surface area contributed by atoms with E-state index in [9.17, 15) is 0 Å². The van der Waals surface area contributed by atoms with Crippen LogP contribution in [0.3, 0.4) is 0 Å². The zero-order valence-corrected chi connectivity index (χ0v) is 12.3. The van der Waals surface area contributed by atoms with Gasteiger partial charge in [-0.25, -0.2) is 0 Å². The number of nitrogens with two attached hydrogens (primary N) is 1. The van der Waals surface area contributed by atoms with Crippen LogP contribution in [0.15, 0.2) is 46.7 Å². The summed E-state index contributed by atoms with van der Waals surface area (Å²) in [6, 6.07) is 12.6. The molecular weight excluding hydrogens is 274 g/mol. The molecule has 100 valence electrons. The SMILES string of the molecule is NC(CCc1cccs1)C1CSc2ccccc2O1. The molecule has 4 heteroatoms. The molecule has 2 nitrogen and oxygen atoms in total. The fraction of sp³-hybridized carbons (Fsp3) is 0.333. The monoisotopic (exact) mass is 291 g/mol. The van der Waals surface area contributed by atoms with E-state index in [2.05, 4.69) is 23.6 Å². The fourth-order valence-corrected chi connectivity index (χ4v) is 4.01. The van der Waals surface area contributed by atoms with Crippen LogP contribution in [0, 0.1) is 0 Å². The van der Waals surface area contributed by atoms with Crippen LogP contribution in [0.2, 0.25) is 0 Å². The Labute approximate surface area is 122 Å².